The summed E-state index contributed by atoms with van der Waals surface area (Å²) in [7, 11) is 3.97. The van der Waals surface area contributed by atoms with E-state index in [9.17, 15) is 9.18 Å². The Hall–Kier alpha value is -2.44. The summed E-state index contributed by atoms with van der Waals surface area (Å²) >= 11 is 2.67. The third-order valence-corrected chi connectivity index (χ3v) is 5.68. The fraction of sp³-hybridized carbons (Fsp3) is 0.375. The van der Waals surface area contributed by atoms with Gasteiger partial charge in [0.2, 0.25) is 10.2 Å². The Bertz CT molecular complexity index is 912. The van der Waals surface area contributed by atoms with Gasteiger partial charge in [0.05, 0.1) is 12.3 Å². The fourth-order valence-electron chi connectivity index (χ4n) is 2.13. The Kier molecular flexibility index (Phi) is 7.01. The highest BCUT2D eigenvalue weighted by molar-refractivity contribution is 7.98. The van der Waals surface area contributed by atoms with Crippen molar-refractivity contribution in [2.24, 2.45) is 0 Å². The van der Waals surface area contributed by atoms with E-state index >= 15 is 0 Å². The molecule has 1 amide bonds. The Labute approximate surface area is 169 Å². The van der Waals surface area contributed by atoms with Gasteiger partial charge in [-0.25, -0.2) is 9.07 Å². The van der Waals surface area contributed by atoms with E-state index in [-0.39, 0.29) is 16.7 Å². The van der Waals surface area contributed by atoms with Crippen LogP contribution in [0, 0.1) is 5.82 Å². The van der Waals surface area contributed by atoms with E-state index in [0.717, 1.165) is 12.1 Å². The molecule has 0 radical (unpaired) electrons. The number of tetrazole rings is 1. The number of nitrogens with zero attached hydrogens (tertiary/aromatic N) is 7. The van der Waals surface area contributed by atoms with Crippen LogP contribution in [0.1, 0.15) is 20.4 Å². The maximum Gasteiger partial charge on any atom is 0.282 e. The zero-order valence-electron chi connectivity index (χ0n) is 15.4. The molecule has 0 fully saturated rings. The molecule has 0 aliphatic heterocycles. The number of aromatic nitrogens is 6. The van der Waals surface area contributed by atoms with Crippen LogP contribution >= 0.6 is 23.1 Å². The van der Waals surface area contributed by atoms with Crippen molar-refractivity contribution in [1.29, 1.82) is 0 Å². The van der Waals surface area contributed by atoms with Gasteiger partial charge in [0.15, 0.2) is 0 Å². The fourth-order valence-corrected chi connectivity index (χ4v) is 3.77. The van der Waals surface area contributed by atoms with Gasteiger partial charge in [0.25, 0.3) is 5.91 Å². The van der Waals surface area contributed by atoms with Crippen LogP contribution < -0.4 is 5.32 Å². The van der Waals surface area contributed by atoms with Crippen molar-refractivity contribution in [2.45, 2.75) is 24.0 Å². The lowest BCUT2D eigenvalue weighted by Gasteiger charge is -2.09. The number of hydrogen-bond acceptors (Lipinski definition) is 9. The first-order valence-corrected chi connectivity index (χ1v) is 10.2. The minimum Gasteiger partial charge on any atom is -0.346 e. The zero-order valence-corrected chi connectivity index (χ0v) is 17.0. The van der Waals surface area contributed by atoms with Gasteiger partial charge in [-0.2, -0.15) is 0 Å². The lowest BCUT2D eigenvalue weighted by Crippen LogP contribution is -2.22. The van der Waals surface area contributed by atoms with Crippen molar-refractivity contribution >= 4 is 29.0 Å². The Morgan fingerprint density at radius 2 is 2.04 bits per heavy atom. The van der Waals surface area contributed by atoms with Crippen molar-refractivity contribution in [2.75, 3.05) is 20.6 Å². The van der Waals surface area contributed by atoms with Crippen molar-refractivity contribution < 1.29 is 9.18 Å². The molecule has 0 saturated carbocycles. The molecular formula is C16H19FN8OS2. The molecule has 1 aromatic carbocycles. The Balaban J connectivity index is 1.50. The molecule has 2 aromatic heterocycles. The number of thioether (sulfide) groups is 1. The summed E-state index contributed by atoms with van der Waals surface area (Å²) < 4.78 is 14.6. The SMILES string of the molecule is CN(C)CCn1nnnc1SCc1nnc(C(=O)NCc2ccc(F)cc2)s1. The van der Waals surface area contributed by atoms with Crippen LogP contribution in [0.25, 0.3) is 0 Å². The molecular weight excluding hydrogens is 403 g/mol. The lowest BCUT2D eigenvalue weighted by atomic mass is 10.2. The van der Waals surface area contributed by atoms with Crippen molar-refractivity contribution in [3.8, 4) is 0 Å². The summed E-state index contributed by atoms with van der Waals surface area (Å²) in [6.07, 6.45) is 0. The molecule has 3 aromatic rings. The second-order valence-corrected chi connectivity index (χ2v) is 8.09. The second kappa shape index (κ2) is 9.66. The van der Waals surface area contributed by atoms with Crippen molar-refractivity contribution in [1.82, 2.24) is 40.6 Å². The van der Waals surface area contributed by atoms with Crippen LogP contribution in [-0.4, -0.2) is 61.9 Å². The number of hydrogen-bond donors (Lipinski definition) is 1. The minimum absolute atomic E-state index is 0.282. The monoisotopic (exact) mass is 422 g/mol. The summed E-state index contributed by atoms with van der Waals surface area (Å²) in [4.78, 5) is 14.3. The number of amides is 1. The van der Waals surface area contributed by atoms with Crippen LogP contribution in [0.2, 0.25) is 0 Å². The minimum atomic E-state index is -0.311. The molecule has 0 atom stereocenters. The number of carbonyl (C=O) groups is 1. The first-order valence-electron chi connectivity index (χ1n) is 8.40. The number of benzene rings is 1. The largest absolute Gasteiger partial charge is 0.346 e. The van der Waals surface area contributed by atoms with Gasteiger partial charge in [-0.3, -0.25) is 4.79 Å². The smallest absolute Gasteiger partial charge is 0.282 e. The molecule has 0 aliphatic carbocycles. The Morgan fingerprint density at radius 1 is 1.25 bits per heavy atom. The summed E-state index contributed by atoms with van der Waals surface area (Å²) in [5.41, 5.74) is 0.805. The van der Waals surface area contributed by atoms with Crippen LogP contribution in [-0.2, 0) is 18.8 Å². The average Bonchev–Trinajstić information content (AvgIpc) is 3.33. The van der Waals surface area contributed by atoms with E-state index in [2.05, 4.69) is 35.9 Å². The van der Waals surface area contributed by atoms with Crippen LogP contribution in [0.15, 0.2) is 29.4 Å². The van der Waals surface area contributed by atoms with Gasteiger partial charge in [0, 0.05) is 13.1 Å². The molecule has 12 heteroatoms. The molecule has 0 bridgehead atoms. The van der Waals surface area contributed by atoms with Gasteiger partial charge in [0.1, 0.15) is 10.8 Å². The molecule has 0 aliphatic rings. The normalized spacial score (nSPS) is 11.1. The summed E-state index contributed by atoms with van der Waals surface area (Å²) in [5, 5.41) is 24.1. The summed E-state index contributed by atoms with van der Waals surface area (Å²) in [5.74, 6) is -0.103. The first kappa shape index (κ1) is 20.3. The third kappa shape index (κ3) is 5.78. The van der Waals surface area contributed by atoms with Crippen molar-refractivity contribution in [3.05, 3.63) is 45.7 Å². The predicted molar refractivity (Wildman–Crippen MR) is 103 cm³/mol. The zero-order chi connectivity index (χ0) is 19.9. The van der Waals surface area contributed by atoms with E-state index in [0.29, 0.717) is 29.0 Å². The molecule has 9 nitrogen and oxygen atoms in total. The highest BCUT2D eigenvalue weighted by Crippen LogP contribution is 2.22. The van der Waals surface area contributed by atoms with Gasteiger partial charge in [-0.15, -0.1) is 15.3 Å². The average molecular weight is 423 g/mol. The summed E-state index contributed by atoms with van der Waals surface area (Å²) in [6.45, 7) is 1.81. The quantitative estimate of drug-likeness (QED) is 0.517. The molecule has 0 unspecified atom stereocenters. The first-order chi connectivity index (χ1) is 13.5. The number of rotatable bonds is 9. The number of likely N-dealkylation sites (N-methyl/N-ethyl adjacent to an activating group) is 1. The molecule has 1 N–H and O–H groups in total. The molecule has 0 spiro atoms. The number of carbonyl (C=O) groups excluding carboxylic acids is 1. The maximum atomic E-state index is 12.9. The lowest BCUT2D eigenvalue weighted by molar-refractivity contribution is 0.0950. The van der Waals surface area contributed by atoms with E-state index in [1.807, 2.05) is 14.1 Å². The third-order valence-electron chi connectivity index (χ3n) is 3.61. The molecule has 3 rings (SSSR count). The summed E-state index contributed by atoms with van der Waals surface area (Å²) in [6, 6.07) is 5.96. The van der Waals surface area contributed by atoms with Crippen molar-refractivity contribution in [3.63, 3.8) is 0 Å². The number of nitrogens with one attached hydrogen (secondary N) is 1. The maximum absolute atomic E-state index is 12.9. The van der Waals surface area contributed by atoms with Crippen LogP contribution in [0.4, 0.5) is 4.39 Å². The highest BCUT2D eigenvalue weighted by atomic mass is 32.2. The molecule has 0 saturated heterocycles. The van der Waals surface area contributed by atoms with Crippen LogP contribution in [0.5, 0.6) is 0 Å². The van der Waals surface area contributed by atoms with Crippen LogP contribution in [0.3, 0.4) is 0 Å². The number of halogens is 1. The topological polar surface area (TPSA) is 102 Å². The highest BCUT2D eigenvalue weighted by Gasteiger charge is 2.14. The van der Waals surface area contributed by atoms with E-state index in [1.165, 1.54) is 35.2 Å². The van der Waals surface area contributed by atoms with E-state index in [1.54, 1.807) is 16.8 Å². The predicted octanol–water partition coefficient (Wildman–Crippen LogP) is 1.45. The molecule has 2 heterocycles. The molecule has 148 valence electrons. The van der Waals surface area contributed by atoms with Gasteiger partial charge < -0.3 is 10.2 Å². The molecule has 28 heavy (non-hydrogen) atoms. The van der Waals surface area contributed by atoms with Gasteiger partial charge in [-0.1, -0.05) is 35.2 Å². The standard InChI is InChI=1S/C16H19FN8OS2/c1-24(2)7-8-25-16(21-22-23-25)27-10-13-19-20-15(28-13)14(26)18-9-11-3-5-12(17)6-4-11/h3-6H,7-10H2,1-2H3,(H,18,26). The Morgan fingerprint density at radius 3 is 2.79 bits per heavy atom. The van der Waals surface area contributed by atoms with Gasteiger partial charge in [-0.05, 0) is 42.2 Å². The van der Waals surface area contributed by atoms with E-state index in [4.69, 9.17) is 0 Å². The van der Waals surface area contributed by atoms with Gasteiger partial charge >= 0.3 is 0 Å². The second-order valence-electron chi connectivity index (χ2n) is 6.09. The van der Waals surface area contributed by atoms with E-state index < -0.39 is 0 Å².